The van der Waals surface area contributed by atoms with Gasteiger partial charge in [0.2, 0.25) is 0 Å². The highest BCUT2D eigenvalue weighted by molar-refractivity contribution is 7.13. The molecule has 2 aromatic rings. The highest BCUT2D eigenvalue weighted by atomic mass is 32.1. The van der Waals surface area contributed by atoms with Gasteiger partial charge in [-0.05, 0) is 50.5 Å². The lowest BCUT2D eigenvalue weighted by Crippen LogP contribution is -2.42. The number of thiophene rings is 1. The number of hydrogen-bond acceptors (Lipinski definition) is 10. The maximum Gasteiger partial charge on any atom is 0.387 e. The third-order valence-electron chi connectivity index (χ3n) is 6.37. The van der Waals surface area contributed by atoms with Crippen molar-refractivity contribution < 1.29 is 13.5 Å². The van der Waals surface area contributed by atoms with Crippen LogP contribution in [-0.4, -0.2) is 70.0 Å². The van der Waals surface area contributed by atoms with Gasteiger partial charge in [-0.3, -0.25) is 5.41 Å². The van der Waals surface area contributed by atoms with Crippen molar-refractivity contribution in [3.05, 3.63) is 40.2 Å². The molecule has 36 heavy (non-hydrogen) atoms. The summed E-state index contributed by atoms with van der Waals surface area (Å²) in [4.78, 5) is 9.43. The lowest BCUT2D eigenvalue weighted by Gasteiger charge is -2.37. The maximum absolute atomic E-state index is 13.3. The van der Waals surface area contributed by atoms with Crippen LogP contribution in [-0.2, 0) is 0 Å². The van der Waals surface area contributed by atoms with E-state index in [2.05, 4.69) is 44.8 Å². The number of ether oxygens (including phenoxy) is 1. The standard InChI is InChI=1S/C24H32F2N8OS/c1-29-17-7-11-36-22(17)21(28)16-4-8-30-24(31-16)32-18-12-15(27)19(13-20(18)35-23(25)26)34-9-5-14(6-10-34)33(2)3/h4,7-8,11-14,23-24,28-29,31-32H,5-6,9-10,27H2,1-3H3. The van der Waals surface area contributed by atoms with E-state index in [9.17, 15) is 8.78 Å². The second-order valence-corrected chi connectivity index (χ2v) is 9.74. The van der Waals surface area contributed by atoms with E-state index in [0.29, 0.717) is 28.8 Å². The molecule has 0 saturated carbocycles. The van der Waals surface area contributed by atoms with Gasteiger partial charge in [0, 0.05) is 38.5 Å². The normalized spacial score (nSPS) is 18.2. The van der Waals surface area contributed by atoms with Gasteiger partial charge in [0.1, 0.15) is 0 Å². The first kappa shape index (κ1) is 25.7. The summed E-state index contributed by atoms with van der Waals surface area (Å²) in [6.07, 6.45) is 4.48. The molecule has 1 saturated heterocycles. The van der Waals surface area contributed by atoms with Crippen LogP contribution in [0, 0.1) is 5.41 Å². The summed E-state index contributed by atoms with van der Waals surface area (Å²) in [6, 6.07) is 5.55. The number of halogens is 2. The van der Waals surface area contributed by atoms with Crippen molar-refractivity contribution in [2.24, 2.45) is 4.99 Å². The van der Waals surface area contributed by atoms with E-state index in [1.807, 2.05) is 11.4 Å². The number of piperidine rings is 1. The molecule has 1 atom stereocenters. The first-order valence-electron chi connectivity index (χ1n) is 11.7. The Kier molecular flexibility index (Phi) is 7.94. The van der Waals surface area contributed by atoms with E-state index >= 15 is 0 Å². The number of anilines is 4. The second-order valence-electron chi connectivity index (χ2n) is 8.83. The molecule has 2 aliphatic rings. The molecule has 1 aromatic heterocycles. The first-order valence-corrected chi connectivity index (χ1v) is 12.6. The molecule has 0 bridgehead atoms. The molecule has 1 unspecified atom stereocenters. The first-order chi connectivity index (χ1) is 17.3. The van der Waals surface area contributed by atoms with E-state index in [4.69, 9.17) is 15.9 Å². The Morgan fingerprint density at radius 1 is 1.31 bits per heavy atom. The van der Waals surface area contributed by atoms with Crippen LogP contribution in [0.5, 0.6) is 5.75 Å². The number of hydrogen-bond donors (Lipinski definition) is 5. The third kappa shape index (κ3) is 5.71. The van der Waals surface area contributed by atoms with Crippen LogP contribution in [0.4, 0.5) is 31.5 Å². The number of allylic oxidation sites excluding steroid dienone is 2. The van der Waals surface area contributed by atoms with Crippen molar-refractivity contribution in [1.29, 1.82) is 5.41 Å². The molecule has 12 heteroatoms. The monoisotopic (exact) mass is 518 g/mol. The number of nitrogens with zero attached hydrogens (tertiary/aromatic N) is 3. The van der Waals surface area contributed by atoms with Crippen LogP contribution < -0.4 is 31.3 Å². The minimum Gasteiger partial charge on any atom is -0.433 e. The molecule has 194 valence electrons. The summed E-state index contributed by atoms with van der Waals surface area (Å²) in [5.74, 6) is -0.0113. The van der Waals surface area contributed by atoms with Crippen molar-refractivity contribution >= 4 is 46.0 Å². The van der Waals surface area contributed by atoms with Crippen LogP contribution in [0.1, 0.15) is 17.7 Å². The van der Waals surface area contributed by atoms with Crippen molar-refractivity contribution in [2.75, 3.05) is 55.5 Å². The molecule has 6 N–H and O–H groups in total. The number of aliphatic imine (C=N–C) groups is 1. The smallest absolute Gasteiger partial charge is 0.387 e. The number of alkyl halides is 2. The van der Waals surface area contributed by atoms with Gasteiger partial charge in [-0.1, -0.05) is 0 Å². The van der Waals surface area contributed by atoms with E-state index in [1.165, 1.54) is 11.3 Å². The third-order valence-corrected chi connectivity index (χ3v) is 7.30. The average molecular weight is 519 g/mol. The topological polar surface area (TPSA) is 114 Å². The Balaban J connectivity index is 1.51. The number of nitrogen functional groups attached to an aromatic ring is 1. The molecule has 0 aliphatic carbocycles. The summed E-state index contributed by atoms with van der Waals surface area (Å²) < 4.78 is 31.5. The number of nitrogens with two attached hydrogens (primary N) is 1. The summed E-state index contributed by atoms with van der Waals surface area (Å²) in [7, 11) is 5.93. The molecule has 2 aliphatic heterocycles. The zero-order valence-corrected chi connectivity index (χ0v) is 21.3. The zero-order chi connectivity index (χ0) is 25.8. The fourth-order valence-corrected chi connectivity index (χ4v) is 5.29. The second kappa shape index (κ2) is 11.1. The van der Waals surface area contributed by atoms with Crippen LogP contribution in [0.2, 0.25) is 0 Å². The molecule has 9 nitrogen and oxygen atoms in total. The van der Waals surface area contributed by atoms with Crippen molar-refractivity contribution in [3.63, 3.8) is 0 Å². The minimum absolute atomic E-state index is 0.0113. The van der Waals surface area contributed by atoms with Crippen molar-refractivity contribution in [1.82, 2.24) is 10.2 Å². The Morgan fingerprint density at radius 2 is 2.06 bits per heavy atom. The number of rotatable bonds is 9. The molecule has 0 radical (unpaired) electrons. The van der Waals surface area contributed by atoms with Crippen LogP contribution >= 0.6 is 11.3 Å². The molecule has 0 amide bonds. The van der Waals surface area contributed by atoms with Gasteiger partial charge in [-0.15, -0.1) is 11.3 Å². The predicted octanol–water partition coefficient (Wildman–Crippen LogP) is 3.83. The van der Waals surface area contributed by atoms with Crippen molar-refractivity contribution in [3.8, 4) is 5.75 Å². The van der Waals surface area contributed by atoms with E-state index in [-0.39, 0.29) is 11.4 Å². The Morgan fingerprint density at radius 3 is 2.72 bits per heavy atom. The zero-order valence-electron chi connectivity index (χ0n) is 20.5. The molecule has 4 rings (SSSR count). The number of nitrogens with one attached hydrogen (secondary N) is 4. The van der Waals surface area contributed by atoms with Gasteiger partial charge in [-0.2, -0.15) is 8.78 Å². The Hall–Kier alpha value is -3.38. The van der Waals surface area contributed by atoms with E-state index in [0.717, 1.165) is 36.5 Å². The fourth-order valence-electron chi connectivity index (χ4n) is 4.42. The summed E-state index contributed by atoms with van der Waals surface area (Å²) in [5, 5.41) is 19.8. The van der Waals surface area contributed by atoms with Gasteiger partial charge in [0.25, 0.3) is 0 Å². The molecular formula is C24H32F2N8OS. The largest absolute Gasteiger partial charge is 0.433 e. The van der Waals surface area contributed by atoms with Gasteiger partial charge < -0.3 is 36.2 Å². The lowest BCUT2D eigenvalue weighted by molar-refractivity contribution is -0.0493. The lowest BCUT2D eigenvalue weighted by atomic mass is 10.0. The molecular weight excluding hydrogens is 486 g/mol. The molecule has 1 aromatic carbocycles. The van der Waals surface area contributed by atoms with Crippen molar-refractivity contribution in [2.45, 2.75) is 31.8 Å². The van der Waals surface area contributed by atoms with E-state index in [1.54, 1.807) is 31.5 Å². The molecule has 0 spiro atoms. The maximum atomic E-state index is 13.3. The Bertz CT molecular complexity index is 1140. The van der Waals surface area contributed by atoms with E-state index < -0.39 is 12.9 Å². The van der Waals surface area contributed by atoms with Gasteiger partial charge in [0.15, 0.2) is 12.0 Å². The predicted molar refractivity (Wildman–Crippen MR) is 144 cm³/mol. The summed E-state index contributed by atoms with van der Waals surface area (Å²) >= 11 is 1.45. The van der Waals surface area contributed by atoms with Gasteiger partial charge in [-0.25, -0.2) is 4.99 Å². The van der Waals surface area contributed by atoms with Gasteiger partial charge >= 0.3 is 6.61 Å². The molecule has 3 heterocycles. The van der Waals surface area contributed by atoms with Gasteiger partial charge in [0.05, 0.1) is 39.0 Å². The van der Waals surface area contributed by atoms with Crippen LogP contribution in [0.25, 0.3) is 0 Å². The SMILES string of the molecule is CNc1ccsc1C(=N)C1=CC=NC(Nc2cc(N)c(N3CCC(N(C)C)CC3)cc2OC(F)F)N1. The number of benzene rings is 1. The fraction of sp³-hybridized carbons (Fsp3) is 0.417. The Labute approximate surface area is 213 Å². The average Bonchev–Trinajstić information content (AvgIpc) is 3.34. The highest BCUT2D eigenvalue weighted by Crippen LogP contribution is 2.38. The van der Waals surface area contributed by atoms with Crippen LogP contribution in [0.15, 0.2) is 40.3 Å². The minimum atomic E-state index is -2.99. The quantitative estimate of drug-likeness (QED) is 0.253. The highest BCUT2D eigenvalue weighted by Gasteiger charge is 2.25. The summed E-state index contributed by atoms with van der Waals surface area (Å²) in [5.41, 5.74) is 9.50. The van der Waals surface area contributed by atoms with Crippen LogP contribution in [0.3, 0.4) is 0 Å². The summed E-state index contributed by atoms with van der Waals surface area (Å²) in [6.45, 7) is -1.45. The molecule has 1 fully saturated rings.